The summed E-state index contributed by atoms with van der Waals surface area (Å²) in [4.78, 5) is 25.3. The van der Waals surface area contributed by atoms with Gasteiger partial charge in [-0.15, -0.1) is 0 Å². The van der Waals surface area contributed by atoms with E-state index in [0.29, 0.717) is 17.0 Å². The quantitative estimate of drug-likeness (QED) is 0.581. The van der Waals surface area contributed by atoms with Gasteiger partial charge < -0.3 is 15.0 Å². The van der Waals surface area contributed by atoms with Gasteiger partial charge in [0, 0.05) is 31.4 Å². The van der Waals surface area contributed by atoms with Gasteiger partial charge in [-0.25, -0.2) is 0 Å². The molecule has 148 valence electrons. The van der Waals surface area contributed by atoms with Crippen LogP contribution in [0.1, 0.15) is 42.5 Å². The first-order valence-corrected chi connectivity index (χ1v) is 9.48. The number of benzene rings is 2. The maximum atomic E-state index is 12.6. The Morgan fingerprint density at radius 3 is 2.39 bits per heavy atom. The fourth-order valence-electron chi connectivity index (χ4n) is 3.29. The maximum Gasteiger partial charge on any atom is 0.273 e. The minimum atomic E-state index is -0.459. The Balaban J connectivity index is 1.80. The van der Waals surface area contributed by atoms with Crippen LogP contribution in [-0.2, 0) is 0 Å². The van der Waals surface area contributed by atoms with Gasteiger partial charge in [-0.05, 0) is 56.0 Å². The van der Waals surface area contributed by atoms with Crippen molar-refractivity contribution in [2.45, 2.75) is 38.2 Å². The Morgan fingerprint density at radius 2 is 1.79 bits per heavy atom. The number of hydrogen-bond acceptors (Lipinski definition) is 5. The van der Waals surface area contributed by atoms with E-state index >= 15 is 0 Å². The number of nitro benzene ring substituents is 1. The number of amides is 1. The second-order valence-electron chi connectivity index (χ2n) is 7.21. The molecule has 7 nitrogen and oxygen atoms in total. The van der Waals surface area contributed by atoms with E-state index in [0.717, 1.165) is 31.4 Å². The van der Waals surface area contributed by atoms with Gasteiger partial charge >= 0.3 is 0 Å². The first-order chi connectivity index (χ1) is 13.4. The molecule has 3 rings (SSSR count). The summed E-state index contributed by atoms with van der Waals surface area (Å²) in [5, 5.41) is 14.0. The standard InChI is InChI=1S/C21H25N3O4/c1-23(2)16-10-8-15(9-11-16)21(25)22-19-13-12-17(24(26)27)14-20(19)28-18-6-4-3-5-7-18/h8-14,18H,3-7H2,1-2H3,(H,22,25). The van der Waals surface area contributed by atoms with Crippen LogP contribution in [-0.4, -0.2) is 31.0 Å². The third-order valence-corrected chi connectivity index (χ3v) is 4.92. The van der Waals surface area contributed by atoms with Crippen molar-refractivity contribution < 1.29 is 14.5 Å². The lowest BCUT2D eigenvalue weighted by molar-refractivity contribution is -0.384. The van der Waals surface area contributed by atoms with Crippen molar-refractivity contribution in [1.82, 2.24) is 0 Å². The number of nitrogens with zero attached hydrogens (tertiary/aromatic N) is 2. The molecule has 0 bridgehead atoms. The van der Waals surface area contributed by atoms with Crippen LogP contribution in [0.4, 0.5) is 17.1 Å². The lowest BCUT2D eigenvalue weighted by Crippen LogP contribution is -2.21. The zero-order valence-electron chi connectivity index (χ0n) is 16.2. The highest BCUT2D eigenvalue weighted by molar-refractivity contribution is 6.05. The van der Waals surface area contributed by atoms with Crippen molar-refractivity contribution >= 4 is 23.0 Å². The van der Waals surface area contributed by atoms with Crippen LogP contribution < -0.4 is 15.0 Å². The Labute approximate surface area is 164 Å². The van der Waals surface area contributed by atoms with Gasteiger partial charge in [0.2, 0.25) is 0 Å². The molecule has 1 fully saturated rings. The number of anilines is 2. The topological polar surface area (TPSA) is 84.7 Å². The summed E-state index contributed by atoms with van der Waals surface area (Å²) >= 11 is 0. The summed E-state index contributed by atoms with van der Waals surface area (Å²) in [5.41, 5.74) is 1.89. The first kappa shape index (κ1) is 19.7. The predicted molar refractivity (Wildman–Crippen MR) is 109 cm³/mol. The van der Waals surface area contributed by atoms with E-state index in [2.05, 4.69) is 5.32 Å². The monoisotopic (exact) mass is 383 g/mol. The number of hydrogen-bond donors (Lipinski definition) is 1. The summed E-state index contributed by atoms with van der Waals surface area (Å²) in [6, 6.07) is 11.5. The fourth-order valence-corrected chi connectivity index (χ4v) is 3.29. The number of carbonyl (C=O) groups is 1. The third kappa shape index (κ3) is 4.79. The van der Waals surface area contributed by atoms with E-state index in [1.165, 1.54) is 24.6 Å². The maximum absolute atomic E-state index is 12.6. The number of nitro groups is 1. The van der Waals surface area contributed by atoms with Crippen molar-refractivity contribution in [3.05, 3.63) is 58.1 Å². The summed E-state index contributed by atoms with van der Waals surface area (Å²) < 4.78 is 6.04. The molecular weight excluding hydrogens is 358 g/mol. The minimum Gasteiger partial charge on any atom is -0.488 e. The number of non-ortho nitro benzene ring substituents is 1. The third-order valence-electron chi connectivity index (χ3n) is 4.92. The number of carbonyl (C=O) groups excluding carboxylic acids is 1. The molecule has 0 aliphatic heterocycles. The zero-order valence-corrected chi connectivity index (χ0v) is 16.2. The van der Waals surface area contributed by atoms with Crippen LogP contribution >= 0.6 is 0 Å². The second kappa shape index (κ2) is 8.73. The summed E-state index contributed by atoms with van der Waals surface area (Å²) in [7, 11) is 3.86. The van der Waals surface area contributed by atoms with Crippen LogP contribution in [0.2, 0.25) is 0 Å². The van der Waals surface area contributed by atoms with Gasteiger partial charge in [-0.3, -0.25) is 14.9 Å². The Kier molecular flexibility index (Phi) is 6.13. The van der Waals surface area contributed by atoms with E-state index in [1.807, 2.05) is 31.1 Å². The van der Waals surface area contributed by atoms with Crippen molar-refractivity contribution in [1.29, 1.82) is 0 Å². The van der Waals surface area contributed by atoms with Gasteiger partial charge in [0.15, 0.2) is 0 Å². The highest BCUT2D eigenvalue weighted by Crippen LogP contribution is 2.33. The summed E-state index contributed by atoms with van der Waals surface area (Å²) in [6.45, 7) is 0. The number of ether oxygens (including phenoxy) is 1. The average Bonchev–Trinajstić information content (AvgIpc) is 2.70. The Morgan fingerprint density at radius 1 is 1.11 bits per heavy atom. The molecule has 0 atom stereocenters. The van der Waals surface area contributed by atoms with Crippen LogP contribution in [0, 0.1) is 10.1 Å². The molecule has 0 heterocycles. The molecule has 1 amide bonds. The van der Waals surface area contributed by atoms with E-state index in [-0.39, 0.29) is 17.7 Å². The molecule has 2 aromatic carbocycles. The van der Waals surface area contributed by atoms with Crippen LogP contribution in [0.5, 0.6) is 5.75 Å². The molecule has 1 saturated carbocycles. The smallest absolute Gasteiger partial charge is 0.273 e. The van der Waals surface area contributed by atoms with Gasteiger partial charge in [-0.1, -0.05) is 6.42 Å². The lowest BCUT2D eigenvalue weighted by atomic mass is 9.98. The number of rotatable bonds is 6. The van der Waals surface area contributed by atoms with E-state index in [4.69, 9.17) is 4.74 Å². The molecule has 28 heavy (non-hydrogen) atoms. The van der Waals surface area contributed by atoms with Gasteiger partial charge in [0.1, 0.15) is 5.75 Å². The molecular formula is C21H25N3O4. The van der Waals surface area contributed by atoms with Crippen molar-refractivity contribution in [2.75, 3.05) is 24.3 Å². The van der Waals surface area contributed by atoms with Crippen LogP contribution in [0.3, 0.4) is 0 Å². The van der Waals surface area contributed by atoms with Gasteiger partial charge in [-0.2, -0.15) is 0 Å². The fraction of sp³-hybridized carbons (Fsp3) is 0.381. The molecule has 1 N–H and O–H groups in total. The van der Waals surface area contributed by atoms with E-state index in [1.54, 1.807) is 12.1 Å². The van der Waals surface area contributed by atoms with Gasteiger partial charge in [0.25, 0.3) is 11.6 Å². The van der Waals surface area contributed by atoms with Crippen LogP contribution in [0.15, 0.2) is 42.5 Å². The normalized spacial score (nSPS) is 14.4. The van der Waals surface area contributed by atoms with Crippen molar-refractivity contribution in [2.24, 2.45) is 0 Å². The predicted octanol–water partition coefficient (Wildman–Crippen LogP) is 4.62. The molecule has 7 heteroatoms. The Hall–Kier alpha value is -3.09. The molecule has 1 aliphatic rings. The Bertz CT molecular complexity index is 843. The van der Waals surface area contributed by atoms with E-state index in [9.17, 15) is 14.9 Å². The largest absolute Gasteiger partial charge is 0.488 e. The van der Waals surface area contributed by atoms with Gasteiger partial charge in [0.05, 0.1) is 22.8 Å². The molecule has 0 radical (unpaired) electrons. The molecule has 0 unspecified atom stereocenters. The summed E-state index contributed by atoms with van der Waals surface area (Å²) in [6.07, 6.45) is 5.20. The number of nitrogens with one attached hydrogen (secondary N) is 1. The molecule has 0 aromatic heterocycles. The van der Waals surface area contributed by atoms with Crippen molar-refractivity contribution in [3.8, 4) is 5.75 Å². The first-order valence-electron chi connectivity index (χ1n) is 9.48. The molecule has 0 spiro atoms. The average molecular weight is 383 g/mol. The molecule has 2 aromatic rings. The van der Waals surface area contributed by atoms with E-state index < -0.39 is 4.92 Å². The summed E-state index contributed by atoms with van der Waals surface area (Å²) in [5.74, 6) is 0.0621. The molecule has 0 saturated heterocycles. The molecule has 1 aliphatic carbocycles. The van der Waals surface area contributed by atoms with Crippen LogP contribution in [0.25, 0.3) is 0 Å². The zero-order chi connectivity index (χ0) is 20.1. The minimum absolute atomic E-state index is 0.0192. The van der Waals surface area contributed by atoms with Crippen molar-refractivity contribution in [3.63, 3.8) is 0 Å². The highest BCUT2D eigenvalue weighted by atomic mass is 16.6. The highest BCUT2D eigenvalue weighted by Gasteiger charge is 2.20. The second-order valence-corrected chi connectivity index (χ2v) is 7.21. The lowest BCUT2D eigenvalue weighted by Gasteiger charge is -2.24. The SMILES string of the molecule is CN(C)c1ccc(C(=O)Nc2ccc([N+](=O)[O-])cc2OC2CCCCC2)cc1.